The number of benzene rings is 3. The maximum absolute atomic E-state index is 16.1. The van der Waals surface area contributed by atoms with Gasteiger partial charge in [-0.1, -0.05) is 102 Å². The van der Waals surface area contributed by atoms with Gasteiger partial charge in [0.15, 0.2) is 5.96 Å². The van der Waals surface area contributed by atoms with Crippen molar-refractivity contribution in [2.45, 2.75) is 234 Å². The number of aromatic hydroxyl groups is 1. The van der Waals surface area contributed by atoms with Crippen LogP contribution in [0.5, 0.6) is 5.75 Å². The van der Waals surface area contributed by atoms with Crippen LogP contribution in [0.15, 0.2) is 96.9 Å². The molecular weight excluding hydrogens is 1820 g/mol. The number of para-hydroxylation sites is 1. The molecule has 46 heteroatoms. The second-order valence-electron chi connectivity index (χ2n) is 35.0. The lowest BCUT2D eigenvalue weighted by atomic mass is 10.00. The number of H-pyrrole nitrogens is 2. The number of phenolic OH excluding ortho intramolecular Hbond substituents is 1. The number of nitrogens with zero attached hydrogens (tertiary/aromatic N) is 6. The zero-order chi connectivity index (χ0) is 100. The molecule has 3 fully saturated rings. The molecule has 137 heavy (non-hydrogen) atoms. The number of aromatic amines is 2. The van der Waals surface area contributed by atoms with Crippen molar-refractivity contribution in [2.75, 3.05) is 65.4 Å². The summed E-state index contributed by atoms with van der Waals surface area (Å²) >= 11 is 2.06. The molecule has 6 heterocycles. The van der Waals surface area contributed by atoms with E-state index in [0.29, 0.717) is 63.6 Å². The van der Waals surface area contributed by atoms with Gasteiger partial charge in [0, 0.05) is 106 Å². The van der Waals surface area contributed by atoms with E-state index in [1.807, 2.05) is 32.0 Å². The van der Waals surface area contributed by atoms with Crippen molar-refractivity contribution in [1.82, 2.24) is 97.9 Å². The number of carbonyl (C=O) groups is 17. The number of hydrogen-bond acceptors (Lipinski definition) is 23. The Balaban J connectivity index is 1.11. The predicted molar refractivity (Wildman–Crippen MR) is 502 cm³/mol. The van der Waals surface area contributed by atoms with E-state index in [4.69, 9.17) is 22.6 Å². The fourth-order valence-electron chi connectivity index (χ4n) is 16.7. The minimum atomic E-state index is -3.85. The number of likely N-dealkylation sites (N-methyl/N-ethyl adjacent to an activating group) is 3. The van der Waals surface area contributed by atoms with Gasteiger partial charge in [-0.15, -0.1) is 23.1 Å². The number of thiophene rings is 1. The third-order valence-corrected chi connectivity index (χ3v) is 26.2. The fraction of sp³-hybridized carbons (Fsp3) is 0.527. The molecule has 0 bridgehead atoms. The van der Waals surface area contributed by atoms with E-state index in [-0.39, 0.29) is 94.7 Å². The number of imidazole rings is 1. The lowest BCUT2D eigenvalue weighted by molar-refractivity contribution is -0.149. The molecule has 0 aliphatic carbocycles. The summed E-state index contributed by atoms with van der Waals surface area (Å²) in [5.41, 5.74) is 18.9. The molecule has 22 N–H and O–H groups in total. The van der Waals surface area contributed by atoms with E-state index in [1.54, 1.807) is 55.8 Å². The average molecular weight is 1950 g/mol. The first-order valence-electron chi connectivity index (χ1n) is 45.5. The Morgan fingerprint density at radius 1 is 0.584 bits per heavy atom. The molecule has 9 rings (SSSR count). The second-order valence-corrected chi connectivity index (χ2v) is 37.0. The Morgan fingerprint density at radius 2 is 1.16 bits per heavy atom. The number of nitrogens with two attached hydrogens (primary N) is 3. The number of fused-ring (bicyclic) bond motifs is 4. The molecule has 744 valence electrons. The van der Waals surface area contributed by atoms with Gasteiger partial charge in [-0.05, 0) is 110 Å². The number of aromatic nitrogens is 3. The van der Waals surface area contributed by atoms with E-state index in [0.717, 1.165) is 38.2 Å². The van der Waals surface area contributed by atoms with Crippen LogP contribution in [0.2, 0.25) is 0 Å². The third kappa shape index (κ3) is 30.0. The van der Waals surface area contributed by atoms with E-state index in [1.165, 1.54) is 74.0 Å². The van der Waals surface area contributed by atoms with Crippen LogP contribution < -0.4 is 75.7 Å². The van der Waals surface area contributed by atoms with Crippen molar-refractivity contribution in [3.63, 3.8) is 0 Å². The third-order valence-electron chi connectivity index (χ3n) is 24.2. The number of thioether (sulfide) groups is 1. The highest BCUT2D eigenvalue weighted by atomic mass is 32.2. The number of nitrogens with one attached hydrogen (secondary N) is 14. The van der Waals surface area contributed by atoms with E-state index in [9.17, 15) is 53.4 Å². The number of halogens is 2. The number of primary amides is 2. The summed E-state index contributed by atoms with van der Waals surface area (Å²) < 4.78 is 33.0. The molecule has 1 unspecified atom stereocenters. The monoisotopic (exact) mass is 1950 g/mol. The highest BCUT2D eigenvalue weighted by Gasteiger charge is 2.53. The first-order chi connectivity index (χ1) is 65.1. The van der Waals surface area contributed by atoms with Crippen molar-refractivity contribution < 1.29 is 101 Å². The standard InChI is InChI=1S/C91H125F2N23O19S2/c1-9-11-23-68-82(128)104-59(22-17-31-99-90(96)97)78(124)111-67(77(123)101-42-74(95)120)45-136-46-75(121)103-63(34-51-27-29-55(118)30-28-51)85(131)112(6)50(5)76(122)107-65(38-73(94)119)88(134)116-47-91(92,93)39-71(116)84(130)106-61(37-54-41-98-48-102-54)80(126)108-62(33-49(3)4)87(133)115-32-18-25-69(115)83(129)105-60(35-52-40-100-58-21-15-13-19-56(52)58)79(125)110-66(43-117)81(127)109-64(36-53-44-137-72-26-16-14-20-57(53)72)86(132)114(8)70(24-12-10-2)89(135)113(68)7/h13-16,19-21,26-30,40-41,44,48-50,59-71,100,117-118H,9-12,17-18,22-25,31-39,42-43,45-47H2,1-8H3,(H2,94,119)(H2,95,120)(H,98,102)(H,101,123)(H,103,121)(H,104,128)(H,105,129)(H,106,130)(H,107,122)(H,108,126)(H,109,127)(H,110,125)(H,111,124)(H4,96,97,99)/t50-,59-,60-,61-,62-,63-,64-,65-,66-,67?,68-,69-,70-,71-/m0/s1. The summed E-state index contributed by atoms with van der Waals surface area (Å²) in [6, 6.07) is -3.58. The van der Waals surface area contributed by atoms with Crippen LogP contribution in [-0.4, -0.2) is 312 Å². The smallest absolute Gasteiger partial charge is 0.267 e. The Hall–Kier alpha value is -13.4. The number of amides is 17. The molecular formula is C91H125F2N23O19S2. The lowest BCUT2D eigenvalue weighted by Gasteiger charge is -2.36. The van der Waals surface area contributed by atoms with Gasteiger partial charge in [-0.3, -0.25) is 86.9 Å². The quantitative estimate of drug-likeness (QED) is 0.0177. The highest BCUT2D eigenvalue weighted by Crippen LogP contribution is 2.35. The molecule has 6 aromatic rings. The van der Waals surface area contributed by atoms with Crippen molar-refractivity contribution >= 4 is 150 Å². The Kier molecular flexibility index (Phi) is 39.5. The Bertz CT molecular complexity index is 5320. The molecule has 42 nitrogen and oxygen atoms in total. The molecule has 0 spiro atoms. The van der Waals surface area contributed by atoms with Crippen LogP contribution in [0.1, 0.15) is 140 Å². The van der Waals surface area contributed by atoms with Crippen LogP contribution in [0.4, 0.5) is 8.78 Å². The van der Waals surface area contributed by atoms with Crippen LogP contribution in [0.3, 0.4) is 0 Å². The zero-order valence-electron chi connectivity index (χ0n) is 77.7. The number of hydrogen-bond donors (Lipinski definition) is 19. The minimum Gasteiger partial charge on any atom is -0.508 e. The molecule has 0 saturated carbocycles. The van der Waals surface area contributed by atoms with E-state index < -0.39 is 247 Å². The maximum atomic E-state index is 16.1. The average Bonchev–Trinajstić information content (AvgIpc) is 1.63. The Morgan fingerprint density at radius 3 is 1.81 bits per heavy atom. The number of unbranched alkanes of at least 4 members (excludes halogenated alkanes) is 2. The number of carbonyl (C=O) groups excluding carboxylic acids is 17. The number of aliphatic hydroxyl groups is 1. The zero-order valence-corrected chi connectivity index (χ0v) is 79.3. The normalized spacial score (nSPS) is 24.4. The summed E-state index contributed by atoms with van der Waals surface area (Å²) in [4.78, 5) is 265. The van der Waals surface area contributed by atoms with Crippen molar-refractivity contribution in [3.05, 3.63) is 119 Å². The number of aliphatic hydroxyl groups excluding tert-OH is 1. The van der Waals surface area contributed by atoms with Crippen LogP contribution in [0, 0.1) is 11.3 Å². The minimum absolute atomic E-state index is 0.00201. The van der Waals surface area contributed by atoms with Crippen LogP contribution in [0.25, 0.3) is 21.0 Å². The van der Waals surface area contributed by atoms with Crippen LogP contribution >= 0.6 is 23.1 Å². The summed E-state index contributed by atoms with van der Waals surface area (Å²) in [5, 5.41) is 60.9. The Labute approximate surface area is 798 Å². The van der Waals surface area contributed by atoms with Gasteiger partial charge in [0.2, 0.25) is 100 Å². The van der Waals surface area contributed by atoms with Gasteiger partial charge in [0.25, 0.3) is 5.92 Å². The molecule has 3 aliphatic rings. The van der Waals surface area contributed by atoms with Gasteiger partial charge in [-0.25, -0.2) is 13.8 Å². The van der Waals surface area contributed by atoms with E-state index >= 15 is 47.1 Å². The molecule has 17 amide bonds. The van der Waals surface area contributed by atoms with Gasteiger partial charge in [-0.2, -0.15) is 0 Å². The number of alkyl halides is 2. The highest BCUT2D eigenvalue weighted by molar-refractivity contribution is 8.00. The molecule has 0 radical (unpaired) electrons. The number of guanidine groups is 1. The first-order valence-corrected chi connectivity index (χ1v) is 47.5. The fourth-order valence-corrected chi connectivity index (χ4v) is 18.5. The molecule has 3 saturated heterocycles. The molecule has 14 atom stereocenters. The van der Waals surface area contributed by atoms with Crippen molar-refractivity contribution in [3.8, 4) is 5.75 Å². The van der Waals surface area contributed by atoms with Gasteiger partial charge < -0.3 is 120 Å². The van der Waals surface area contributed by atoms with Gasteiger partial charge in [0.1, 0.15) is 90.3 Å². The van der Waals surface area contributed by atoms with Crippen molar-refractivity contribution in [2.24, 2.45) is 23.1 Å². The summed E-state index contributed by atoms with van der Waals surface area (Å²) in [6.45, 7) is 4.85. The summed E-state index contributed by atoms with van der Waals surface area (Å²) in [6.07, 6.45) is 1.84. The SMILES string of the molecule is CCCC[C@H]1C(=O)N(C)[C@@H](CCCC)C(=O)N[C@@H](CCCNC(=N)N)C(=O)NC(C(=O)NCC(N)=O)CSCC(=O)N[C@@H](Cc2ccc(O)cc2)C(=O)N(C)[C@@H](C)C(=O)N[C@@H](CC(N)=O)C(=O)N2CC(F)(F)C[C@H]2C(=O)N[C@@H](Cc2cnc[nH]2)C(=O)N[C@@H](CC(C)C)C(=O)N2CCC[C@H]2C(=O)N[C@@H](Cc2c[nH]c3ccccc23)C(=O)N[C@@H](CO)C(=O)N[C@@H](Cc2csc3ccccc23)C(=O)N1C. The van der Waals surface area contributed by atoms with Gasteiger partial charge in [0.05, 0.1) is 38.2 Å². The van der Waals surface area contributed by atoms with Crippen molar-refractivity contribution in [1.29, 1.82) is 5.41 Å². The topological polar surface area (TPSA) is 626 Å². The van der Waals surface area contributed by atoms with Gasteiger partial charge >= 0.3 is 0 Å². The number of phenols is 1. The predicted octanol–water partition coefficient (Wildman–Crippen LogP) is -0.921. The largest absolute Gasteiger partial charge is 0.508 e. The molecule has 3 aromatic heterocycles. The first kappa shape index (κ1) is 107. The molecule has 3 aliphatic heterocycles. The summed E-state index contributed by atoms with van der Waals surface area (Å²) in [5.74, 6) is -23.5. The lowest BCUT2D eigenvalue weighted by Crippen LogP contribution is -2.62. The maximum Gasteiger partial charge on any atom is 0.267 e. The summed E-state index contributed by atoms with van der Waals surface area (Å²) in [7, 11) is 3.82. The van der Waals surface area contributed by atoms with E-state index in [2.05, 4.69) is 73.4 Å². The number of rotatable bonds is 26. The molecule has 3 aromatic carbocycles. The van der Waals surface area contributed by atoms with Crippen LogP contribution in [-0.2, 0) is 107 Å². The second kappa shape index (κ2) is 50.4.